The number of thiazole rings is 1. The normalized spacial score (nSPS) is 14.5. The van der Waals surface area contributed by atoms with Gasteiger partial charge in [-0.05, 0) is 55.7 Å². The third kappa shape index (κ3) is 2.38. The summed E-state index contributed by atoms with van der Waals surface area (Å²) in [5, 5.41) is 4.84. The largest absolute Gasteiger partial charge is 0.461 e. The van der Waals surface area contributed by atoms with Crippen LogP contribution in [0.15, 0.2) is 41.0 Å². The van der Waals surface area contributed by atoms with Gasteiger partial charge in [0.15, 0.2) is 5.76 Å². The Kier molecular flexibility index (Phi) is 3.52. The molecular weight excluding hydrogens is 438 g/mol. The van der Waals surface area contributed by atoms with E-state index in [-0.39, 0.29) is 17.5 Å². The molecule has 0 saturated carbocycles. The van der Waals surface area contributed by atoms with E-state index in [1.54, 1.807) is 35.6 Å². The third-order valence-electron chi connectivity index (χ3n) is 6.48. The molecule has 0 spiro atoms. The molecular formula is C25H15N3O4S. The molecule has 0 fully saturated rings. The van der Waals surface area contributed by atoms with Crippen LogP contribution in [0.5, 0.6) is 0 Å². The van der Waals surface area contributed by atoms with Gasteiger partial charge in [-0.3, -0.25) is 19.7 Å². The Bertz CT molecular complexity index is 1710. The first-order valence-corrected chi connectivity index (χ1v) is 11.4. The van der Waals surface area contributed by atoms with Crippen LogP contribution in [-0.4, -0.2) is 27.6 Å². The monoisotopic (exact) mass is 453 g/mol. The van der Waals surface area contributed by atoms with E-state index in [4.69, 9.17) is 4.42 Å². The summed E-state index contributed by atoms with van der Waals surface area (Å²) in [7, 11) is 0. The lowest BCUT2D eigenvalue weighted by molar-refractivity contribution is 0.0879. The van der Waals surface area contributed by atoms with Gasteiger partial charge in [0.1, 0.15) is 0 Å². The van der Waals surface area contributed by atoms with Crippen LogP contribution in [0.2, 0.25) is 0 Å². The summed E-state index contributed by atoms with van der Waals surface area (Å²) >= 11 is 1.55. The van der Waals surface area contributed by atoms with Crippen molar-refractivity contribution in [2.75, 3.05) is 0 Å². The number of carbonyl (C=O) groups is 3. The van der Waals surface area contributed by atoms with Gasteiger partial charge >= 0.3 is 0 Å². The summed E-state index contributed by atoms with van der Waals surface area (Å²) in [6.07, 6.45) is 2.94. The lowest BCUT2D eigenvalue weighted by Gasteiger charge is -2.19. The number of aryl methyl sites for hydroxylation is 3. The Labute approximate surface area is 190 Å². The predicted molar refractivity (Wildman–Crippen MR) is 123 cm³/mol. The summed E-state index contributed by atoms with van der Waals surface area (Å²) in [5.41, 5.74) is 5.66. The molecule has 2 aliphatic rings. The van der Waals surface area contributed by atoms with Gasteiger partial charge in [-0.1, -0.05) is 0 Å². The number of H-pyrrole nitrogens is 1. The number of nitrogens with zero attached hydrogens (tertiary/aromatic N) is 1. The summed E-state index contributed by atoms with van der Waals surface area (Å²) < 4.78 is 5.27. The number of nitrogens with one attached hydrogen (secondary N) is 2. The molecule has 4 heterocycles. The first kappa shape index (κ1) is 18.5. The summed E-state index contributed by atoms with van der Waals surface area (Å²) in [6, 6.07) is 8.64. The fourth-order valence-corrected chi connectivity index (χ4v) is 6.20. The highest BCUT2D eigenvalue weighted by Gasteiger charge is 2.38. The number of aromatic nitrogens is 2. The molecule has 0 unspecified atom stereocenters. The van der Waals surface area contributed by atoms with Gasteiger partial charge in [0.05, 0.1) is 38.5 Å². The molecule has 33 heavy (non-hydrogen) atoms. The number of aromatic amines is 1. The van der Waals surface area contributed by atoms with Gasteiger partial charge in [-0.25, -0.2) is 4.98 Å². The minimum atomic E-state index is -0.417. The molecule has 7 rings (SSSR count). The second-order valence-corrected chi connectivity index (χ2v) is 9.54. The number of furan rings is 1. The fourth-order valence-electron chi connectivity index (χ4n) is 5.16. The second kappa shape index (κ2) is 6.26. The van der Waals surface area contributed by atoms with E-state index in [0.717, 1.165) is 49.5 Å². The van der Waals surface area contributed by atoms with E-state index >= 15 is 0 Å². The minimum Gasteiger partial charge on any atom is -0.461 e. The molecule has 0 atom stereocenters. The van der Waals surface area contributed by atoms with Gasteiger partial charge in [0, 0.05) is 27.4 Å². The Morgan fingerprint density at radius 1 is 1.09 bits per heavy atom. The van der Waals surface area contributed by atoms with Crippen molar-refractivity contribution >= 4 is 50.7 Å². The van der Waals surface area contributed by atoms with Crippen molar-refractivity contribution in [1.29, 1.82) is 0 Å². The average Bonchev–Trinajstić information content (AvgIpc) is 3.57. The van der Waals surface area contributed by atoms with Crippen LogP contribution in [0.4, 0.5) is 0 Å². The Balaban J connectivity index is 1.59. The van der Waals surface area contributed by atoms with Crippen LogP contribution in [-0.2, 0) is 12.8 Å². The van der Waals surface area contributed by atoms with Crippen LogP contribution < -0.4 is 5.32 Å². The number of benzene rings is 2. The van der Waals surface area contributed by atoms with Crippen molar-refractivity contribution in [1.82, 2.24) is 15.3 Å². The van der Waals surface area contributed by atoms with E-state index in [9.17, 15) is 14.4 Å². The highest BCUT2D eigenvalue weighted by molar-refractivity contribution is 7.15. The van der Waals surface area contributed by atoms with Gasteiger partial charge in [0.2, 0.25) is 5.78 Å². The lowest BCUT2D eigenvalue weighted by Crippen LogP contribution is -2.20. The first-order chi connectivity index (χ1) is 16.0. The summed E-state index contributed by atoms with van der Waals surface area (Å²) in [5.74, 6) is -0.794. The smallest absolute Gasteiger partial charge is 0.259 e. The molecule has 7 nitrogen and oxygen atoms in total. The van der Waals surface area contributed by atoms with E-state index in [0.29, 0.717) is 28.5 Å². The number of amides is 2. The Morgan fingerprint density at radius 3 is 2.76 bits per heavy atom. The van der Waals surface area contributed by atoms with Crippen LogP contribution in [0, 0.1) is 6.92 Å². The maximum atomic E-state index is 13.0. The molecule has 0 bridgehead atoms. The van der Waals surface area contributed by atoms with Gasteiger partial charge < -0.3 is 9.40 Å². The van der Waals surface area contributed by atoms with Crippen molar-refractivity contribution in [3.63, 3.8) is 0 Å². The van der Waals surface area contributed by atoms with E-state index in [2.05, 4.69) is 15.3 Å². The molecule has 2 amide bonds. The van der Waals surface area contributed by atoms with Crippen LogP contribution in [0.25, 0.3) is 32.2 Å². The highest BCUT2D eigenvalue weighted by atomic mass is 32.1. The average molecular weight is 453 g/mol. The lowest BCUT2D eigenvalue weighted by atomic mass is 9.85. The van der Waals surface area contributed by atoms with Gasteiger partial charge in [0.25, 0.3) is 11.8 Å². The number of rotatable bonds is 2. The zero-order valence-electron chi connectivity index (χ0n) is 17.4. The zero-order chi connectivity index (χ0) is 22.4. The Morgan fingerprint density at radius 2 is 1.94 bits per heavy atom. The molecule has 2 aromatic carbocycles. The molecule has 1 aliphatic carbocycles. The van der Waals surface area contributed by atoms with Crippen molar-refractivity contribution in [2.45, 2.75) is 19.8 Å². The van der Waals surface area contributed by atoms with Crippen molar-refractivity contribution in [3.8, 4) is 10.4 Å². The van der Waals surface area contributed by atoms with Gasteiger partial charge in [-0.15, -0.1) is 11.3 Å². The fraction of sp³-hybridized carbons (Fsp3) is 0.120. The quantitative estimate of drug-likeness (QED) is 0.301. The van der Waals surface area contributed by atoms with Crippen LogP contribution in [0.3, 0.4) is 0 Å². The molecule has 160 valence electrons. The van der Waals surface area contributed by atoms with E-state index in [1.165, 1.54) is 6.26 Å². The molecule has 0 saturated heterocycles. The third-order valence-corrected chi connectivity index (χ3v) is 7.51. The van der Waals surface area contributed by atoms with Crippen molar-refractivity contribution < 1.29 is 18.8 Å². The number of hydrogen-bond donors (Lipinski definition) is 2. The molecule has 1 aliphatic heterocycles. The molecule has 3 aromatic heterocycles. The number of carbonyl (C=O) groups excluding carboxylic acids is 3. The van der Waals surface area contributed by atoms with Crippen molar-refractivity contribution in [3.05, 3.63) is 75.3 Å². The standard InChI is InChI=1S/C25H15N3O4S/c1-10-26-15-7-5-12-18(23(15)33-10)20-19(24(30)28-25(20)31)17-13-9-11(4-6-14(13)27-21(12)17)22(29)16-3-2-8-32-16/h2-4,6,8-9,27H,5,7H2,1H3,(H,28,30,31). The number of fused-ring (bicyclic) bond motifs is 10. The topological polar surface area (TPSA) is 105 Å². The first-order valence-electron chi connectivity index (χ1n) is 10.6. The van der Waals surface area contributed by atoms with Crippen molar-refractivity contribution in [2.24, 2.45) is 0 Å². The SMILES string of the molecule is Cc1nc2c(s1)-c1c3c(c4c([nH]c5ccc(C(=O)c6ccco6)cc54)c1CC2)C(=O)NC3=O. The summed E-state index contributed by atoms with van der Waals surface area (Å²) in [4.78, 5) is 47.9. The number of imide groups is 1. The molecule has 8 heteroatoms. The minimum absolute atomic E-state index is 0.240. The maximum absolute atomic E-state index is 13.0. The maximum Gasteiger partial charge on any atom is 0.259 e. The number of hydrogen-bond acceptors (Lipinski definition) is 6. The second-order valence-electron chi connectivity index (χ2n) is 8.34. The molecule has 5 aromatic rings. The highest BCUT2D eigenvalue weighted by Crippen LogP contribution is 2.47. The van der Waals surface area contributed by atoms with Gasteiger partial charge in [-0.2, -0.15) is 0 Å². The van der Waals surface area contributed by atoms with Crippen LogP contribution in [0.1, 0.15) is 53.1 Å². The van der Waals surface area contributed by atoms with Crippen LogP contribution >= 0.6 is 11.3 Å². The predicted octanol–water partition coefficient (Wildman–Crippen LogP) is 4.56. The molecule has 0 radical (unpaired) electrons. The zero-order valence-corrected chi connectivity index (χ0v) is 18.2. The summed E-state index contributed by atoms with van der Waals surface area (Å²) in [6.45, 7) is 1.95. The Hall–Kier alpha value is -4.04. The van der Waals surface area contributed by atoms with E-state index in [1.807, 2.05) is 13.0 Å². The van der Waals surface area contributed by atoms with E-state index < -0.39 is 5.91 Å². The molecule has 2 N–H and O–H groups in total. The number of ketones is 1.